The van der Waals surface area contributed by atoms with Gasteiger partial charge < -0.3 is 15.0 Å². The van der Waals surface area contributed by atoms with Crippen molar-refractivity contribution in [3.05, 3.63) is 35.9 Å². The van der Waals surface area contributed by atoms with Gasteiger partial charge in [-0.3, -0.25) is 9.59 Å². The quantitative estimate of drug-likeness (QED) is 0.900. The lowest BCUT2D eigenvalue weighted by Gasteiger charge is -2.34. The highest BCUT2D eigenvalue weighted by atomic mass is 16.5. The monoisotopic (exact) mass is 304 g/mol. The number of carbonyl (C=O) groups is 2. The summed E-state index contributed by atoms with van der Waals surface area (Å²) in [6.45, 7) is 3.82. The molecule has 0 aliphatic carbocycles. The standard InChI is InChI=1S/C17H24N2O3/c1-13(22-2)17(21)19-10-6-7-14(12-19)11-18-16(20)15-8-4-3-5-9-15/h3-5,8-9,13-14H,6-7,10-12H2,1-2H3,(H,18,20). The zero-order valence-corrected chi connectivity index (χ0v) is 13.2. The maximum atomic E-state index is 12.1. The molecule has 1 aliphatic heterocycles. The molecule has 0 saturated carbocycles. The molecule has 2 atom stereocenters. The van der Waals surface area contributed by atoms with Gasteiger partial charge in [0, 0.05) is 32.3 Å². The van der Waals surface area contributed by atoms with Gasteiger partial charge in [0.15, 0.2) is 0 Å². The van der Waals surface area contributed by atoms with Crippen molar-refractivity contribution < 1.29 is 14.3 Å². The second kappa shape index (κ2) is 7.94. The topological polar surface area (TPSA) is 58.6 Å². The maximum Gasteiger partial charge on any atom is 0.251 e. The first-order valence-corrected chi connectivity index (χ1v) is 7.76. The third-order valence-corrected chi connectivity index (χ3v) is 4.12. The number of hydrogen-bond acceptors (Lipinski definition) is 3. The summed E-state index contributed by atoms with van der Waals surface area (Å²) >= 11 is 0. The summed E-state index contributed by atoms with van der Waals surface area (Å²) < 4.78 is 5.10. The Morgan fingerprint density at radius 3 is 2.77 bits per heavy atom. The van der Waals surface area contributed by atoms with Crippen molar-refractivity contribution in [1.29, 1.82) is 0 Å². The summed E-state index contributed by atoms with van der Waals surface area (Å²) in [4.78, 5) is 26.0. The Balaban J connectivity index is 1.83. The van der Waals surface area contributed by atoms with Gasteiger partial charge in [-0.05, 0) is 37.8 Å². The molecule has 0 bridgehead atoms. The minimum Gasteiger partial charge on any atom is -0.372 e. The van der Waals surface area contributed by atoms with Crippen molar-refractivity contribution in [2.24, 2.45) is 5.92 Å². The highest BCUT2D eigenvalue weighted by Gasteiger charge is 2.26. The Hall–Kier alpha value is -1.88. The predicted molar refractivity (Wildman–Crippen MR) is 84.6 cm³/mol. The molecule has 0 radical (unpaired) electrons. The minimum absolute atomic E-state index is 0.0292. The lowest BCUT2D eigenvalue weighted by Crippen LogP contribution is -2.47. The van der Waals surface area contributed by atoms with Crippen LogP contribution in [-0.4, -0.2) is 49.6 Å². The molecule has 5 nitrogen and oxygen atoms in total. The Bertz CT molecular complexity index is 504. The van der Waals surface area contributed by atoms with E-state index in [1.807, 2.05) is 23.1 Å². The highest BCUT2D eigenvalue weighted by molar-refractivity contribution is 5.94. The van der Waals surface area contributed by atoms with E-state index in [2.05, 4.69) is 5.32 Å². The average Bonchev–Trinajstić information content (AvgIpc) is 2.59. The summed E-state index contributed by atoms with van der Waals surface area (Å²) in [6.07, 6.45) is 1.59. The smallest absolute Gasteiger partial charge is 0.251 e. The summed E-state index contributed by atoms with van der Waals surface area (Å²) in [6, 6.07) is 9.18. The van der Waals surface area contributed by atoms with Gasteiger partial charge in [0.25, 0.3) is 11.8 Å². The summed E-state index contributed by atoms with van der Waals surface area (Å²) in [7, 11) is 1.55. The van der Waals surface area contributed by atoms with Crippen LogP contribution in [0.4, 0.5) is 0 Å². The molecule has 2 unspecified atom stereocenters. The normalized spacial score (nSPS) is 19.5. The molecule has 1 aromatic rings. The number of nitrogens with one attached hydrogen (secondary N) is 1. The molecule has 2 rings (SSSR count). The first-order chi connectivity index (χ1) is 10.6. The van der Waals surface area contributed by atoms with Crippen LogP contribution in [0.15, 0.2) is 30.3 Å². The van der Waals surface area contributed by atoms with Crippen molar-refractivity contribution in [1.82, 2.24) is 10.2 Å². The lowest BCUT2D eigenvalue weighted by molar-refractivity contribution is -0.142. The number of benzene rings is 1. The summed E-state index contributed by atoms with van der Waals surface area (Å²) in [5.41, 5.74) is 0.666. The zero-order chi connectivity index (χ0) is 15.9. The molecule has 5 heteroatoms. The van der Waals surface area contributed by atoms with Gasteiger partial charge >= 0.3 is 0 Å². The van der Waals surface area contributed by atoms with Crippen LogP contribution in [0, 0.1) is 5.92 Å². The fourth-order valence-corrected chi connectivity index (χ4v) is 2.72. The van der Waals surface area contributed by atoms with Gasteiger partial charge in [0.2, 0.25) is 0 Å². The van der Waals surface area contributed by atoms with Crippen molar-refractivity contribution >= 4 is 11.8 Å². The van der Waals surface area contributed by atoms with E-state index in [-0.39, 0.29) is 11.8 Å². The summed E-state index contributed by atoms with van der Waals surface area (Å²) in [5.74, 6) is 0.269. The van der Waals surface area contributed by atoms with Crippen LogP contribution in [0.5, 0.6) is 0 Å². The first-order valence-electron chi connectivity index (χ1n) is 7.76. The van der Waals surface area contributed by atoms with Gasteiger partial charge in [-0.2, -0.15) is 0 Å². The van der Waals surface area contributed by atoms with E-state index in [9.17, 15) is 9.59 Å². The Morgan fingerprint density at radius 1 is 1.36 bits per heavy atom. The molecule has 0 spiro atoms. The maximum absolute atomic E-state index is 12.1. The lowest BCUT2D eigenvalue weighted by atomic mass is 9.97. The van der Waals surface area contributed by atoms with Crippen LogP contribution in [0.3, 0.4) is 0 Å². The van der Waals surface area contributed by atoms with Gasteiger partial charge in [0.05, 0.1) is 0 Å². The van der Waals surface area contributed by atoms with Gasteiger partial charge in [-0.15, -0.1) is 0 Å². The van der Waals surface area contributed by atoms with Crippen LogP contribution in [0.2, 0.25) is 0 Å². The molecule has 120 valence electrons. The van der Waals surface area contributed by atoms with E-state index in [1.54, 1.807) is 26.2 Å². The average molecular weight is 304 g/mol. The van der Waals surface area contributed by atoms with E-state index < -0.39 is 6.10 Å². The number of methoxy groups -OCH3 is 1. The largest absolute Gasteiger partial charge is 0.372 e. The predicted octanol–water partition coefficient (Wildman–Crippen LogP) is 1.69. The number of hydrogen-bond donors (Lipinski definition) is 1. The Kier molecular flexibility index (Phi) is 5.95. The van der Waals surface area contributed by atoms with E-state index in [4.69, 9.17) is 4.74 Å². The van der Waals surface area contributed by atoms with Crippen molar-refractivity contribution in [3.63, 3.8) is 0 Å². The molecule has 1 aromatic carbocycles. The van der Waals surface area contributed by atoms with E-state index in [0.717, 1.165) is 19.4 Å². The molecule has 1 saturated heterocycles. The van der Waals surface area contributed by atoms with Crippen LogP contribution >= 0.6 is 0 Å². The second-order valence-electron chi connectivity index (χ2n) is 5.75. The SMILES string of the molecule is COC(C)C(=O)N1CCCC(CNC(=O)c2ccccc2)C1. The molecule has 1 aliphatic rings. The molecule has 22 heavy (non-hydrogen) atoms. The number of nitrogens with zero attached hydrogens (tertiary/aromatic N) is 1. The Labute approximate surface area is 131 Å². The highest BCUT2D eigenvalue weighted by Crippen LogP contribution is 2.17. The minimum atomic E-state index is -0.405. The van der Waals surface area contributed by atoms with E-state index in [1.165, 1.54) is 0 Å². The molecule has 0 aromatic heterocycles. The fraction of sp³-hybridized carbons (Fsp3) is 0.529. The van der Waals surface area contributed by atoms with Crippen molar-refractivity contribution in [2.45, 2.75) is 25.9 Å². The van der Waals surface area contributed by atoms with E-state index >= 15 is 0 Å². The number of likely N-dealkylation sites (tertiary alicyclic amines) is 1. The van der Waals surface area contributed by atoms with Crippen molar-refractivity contribution in [2.75, 3.05) is 26.7 Å². The zero-order valence-electron chi connectivity index (χ0n) is 13.2. The van der Waals surface area contributed by atoms with Crippen LogP contribution in [0.25, 0.3) is 0 Å². The molecule has 2 amide bonds. The molecular weight excluding hydrogens is 280 g/mol. The molecular formula is C17H24N2O3. The summed E-state index contributed by atoms with van der Waals surface area (Å²) in [5, 5.41) is 2.96. The van der Waals surface area contributed by atoms with Gasteiger partial charge in [-0.1, -0.05) is 18.2 Å². The van der Waals surface area contributed by atoms with Crippen LogP contribution < -0.4 is 5.32 Å². The second-order valence-corrected chi connectivity index (χ2v) is 5.75. The first kappa shape index (κ1) is 16.5. The molecule has 1 fully saturated rings. The number of carbonyl (C=O) groups excluding carboxylic acids is 2. The molecule has 1 heterocycles. The number of amides is 2. The Morgan fingerprint density at radius 2 is 2.09 bits per heavy atom. The van der Waals surface area contributed by atoms with Crippen LogP contribution in [0.1, 0.15) is 30.1 Å². The van der Waals surface area contributed by atoms with Gasteiger partial charge in [0.1, 0.15) is 6.10 Å². The van der Waals surface area contributed by atoms with Crippen LogP contribution in [-0.2, 0) is 9.53 Å². The fourth-order valence-electron chi connectivity index (χ4n) is 2.72. The third-order valence-electron chi connectivity index (χ3n) is 4.12. The number of ether oxygens (including phenoxy) is 1. The third kappa shape index (κ3) is 4.31. The van der Waals surface area contributed by atoms with Gasteiger partial charge in [-0.25, -0.2) is 0 Å². The van der Waals surface area contributed by atoms with E-state index in [0.29, 0.717) is 24.6 Å². The molecule has 1 N–H and O–H groups in total. The number of piperidine rings is 1. The number of rotatable bonds is 5. The van der Waals surface area contributed by atoms with Crippen molar-refractivity contribution in [3.8, 4) is 0 Å².